The quantitative estimate of drug-likeness (QED) is 0.845. The number of benzene rings is 1. The fourth-order valence-electron chi connectivity index (χ4n) is 2.06. The van der Waals surface area contributed by atoms with Gasteiger partial charge < -0.3 is 15.2 Å². The first kappa shape index (κ1) is 11.3. The van der Waals surface area contributed by atoms with Gasteiger partial charge in [-0.1, -0.05) is 11.6 Å². The van der Waals surface area contributed by atoms with E-state index in [1.54, 1.807) is 12.1 Å². The molecule has 0 bridgehead atoms. The summed E-state index contributed by atoms with van der Waals surface area (Å²) >= 11 is 5.88. The summed E-state index contributed by atoms with van der Waals surface area (Å²) in [6.07, 6.45) is 2.36. The van der Waals surface area contributed by atoms with E-state index in [9.17, 15) is 0 Å². The second-order valence-corrected chi connectivity index (χ2v) is 4.74. The summed E-state index contributed by atoms with van der Waals surface area (Å²) in [7, 11) is 0. The summed E-state index contributed by atoms with van der Waals surface area (Å²) in [4.78, 5) is 6.50. The molecule has 2 N–H and O–H groups in total. The Kier molecular flexibility index (Phi) is 2.83. The zero-order valence-corrected chi connectivity index (χ0v) is 10.5. The molecular formula is C12H13ClN4O. The van der Waals surface area contributed by atoms with Crippen molar-refractivity contribution < 1.29 is 4.52 Å². The molecule has 94 valence electrons. The molecule has 1 aliphatic heterocycles. The molecule has 0 radical (unpaired) electrons. The fraction of sp³-hybridized carbons (Fsp3) is 0.333. The van der Waals surface area contributed by atoms with E-state index < -0.39 is 0 Å². The van der Waals surface area contributed by atoms with Crippen molar-refractivity contribution in [1.82, 2.24) is 10.1 Å². The first-order valence-corrected chi connectivity index (χ1v) is 6.26. The Morgan fingerprint density at radius 3 is 2.78 bits per heavy atom. The van der Waals surface area contributed by atoms with Crippen molar-refractivity contribution in [2.24, 2.45) is 0 Å². The van der Waals surface area contributed by atoms with Crippen LogP contribution in [0.1, 0.15) is 12.8 Å². The molecule has 1 aliphatic rings. The maximum atomic E-state index is 5.88. The van der Waals surface area contributed by atoms with Crippen LogP contribution in [-0.2, 0) is 0 Å². The van der Waals surface area contributed by atoms with Crippen LogP contribution in [0.15, 0.2) is 22.7 Å². The lowest BCUT2D eigenvalue weighted by atomic mass is 10.2. The van der Waals surface area contributed by atoms with Crippen LogP contribution in [-0.4, -0.2) is 23.2 Å². The number of hydrogen-bond donors (Lipinski definition) is 1. The Labute approximate surface area is 110 Å². The predicted octanol–water partition coefficient (Wildman–Crippen LogP) is 2.57. The summed E-state index contributed by atoms with van der Waals surface area (Å²) in [5.41, 5.74) is 7.05. The molecule has 18 heavy (non-hydrogen) atoms. The monoisotopic (exact) mass is 264 g/mol. The van der Waals surface area contributed by atoms with Crippen LogP contribution in [0, 0.1) is 0 Å². The Bertz CT molecular complexity index is 563. The zero-order chi connectivity index (χ0) is 12.5. The van der Waals surface area contributed by atoms with E-state index in [4.69, 9.17) is 21.9 Å². The summed E-state index contributed by atoms with van der Waals surface area (Å²) in [5.74, 6) is 1.12. The minimum atomic E-state index is 0.472. The van der Waals surface area contributed by atoms with E-state index in [2.05, 4.69) is 15.0 Å². The van der Waals surface area contributed by atoms with Gasteiger partial charge in [0, 0.05) is 18.7 Å². The van der Waals surface area contributed by atoms with E-state index in [-0.39, 0.29) is 0 Å². The second kappa shape index (κ2) is 4.49. The summed E-state index contributed by atoms with van der Waals surface area (Å²) in [5, 5.41) is 4.52. The zero-order valence-electron chi connectivity index (χ0n) is 9.77. The summed E-state index contributed by atoms with van der Waals surface area (Å²) in [6, 6.07) is 5.29. The molecule has 0 amide bonds. The summed E-state index contributed by atoms with van der Waals surface area (Å²) in [6.45, 7) is 1.98. The number of hydrogen-bond acceptors (Lipinski definition) is 5. The molecule has 1 fully saturated rings. The average Bonchev–Trinajstić information content (AvgIpc) is 3.01. The second-order valence-electron chi connectivity index (χ2n) is 4.33. The third-order valence-electron chi connectivity index (χ3n) is 3.05. The molecule has 5 nitrogen and oxygen atoms in total. The molecule has 0 unspecified atom stereocenters. The van der Waals surface area contributed by atoms with Crippen LogP contribution in [0.2, 0.25) is 5.02 Å². The van der Waals surface area contributed by atoms with Gasteiger partial charge in [-0.05, 0) is 36.2 Å². The lowest BCUT2D eigenvalue weighted by molar-refractivity contribution is 0.430. The van der Waals surface area contributed by atoms with Crippen LogP contribution in [0.25, 0.3) is 11.5 Å². The van der Waals surface area contributed by atoms with Gasteiger partial charge in [0.25, 0.3) is 11.8 Å². The van der Waals surface area contributed by atoms with Gasteiger partial charge in [-0.3, -0.25) is 0 Å². The third kappa shape index (κ3) is 2.01. The Morgan fingerprint density at radius 2 is 2.06 bits per heavy atom. The number of nitrogens with two attached hydrogens (primary N) is 1. The minimum absolute atomic E-state index is 0.472. The normalized spacial score (nSPS) is 15.3. The number of nitrogens with zero attached hydrogens (tertiary/aromatic N) is 3. The van der Waals surface area contributed by atoms with Crippen molar-refractivity contribution in [2.45, 2.75) is 12.8 Å². The fourth-order valence-corrected chi connectivity index (χ4v) is 2.17. The molecule has 1 aromatic carbocycles. The van der Waals surface area contributed by atoms with Crippen LogP contribution >= 0.6 is 11.6 Å². The number of halogens is 1. The van der Waals surface area contributed by atoms with E-state index in [1.165, 1.54) is 12.8 Å². The van der Waals surface area contributed by atoms with Gasteiger partial charge in [0.15, 0.2) is 0 Å². The lowest BCUT2D eigenvalue weighted by Crippen LogP contribution is -2.18. The van der Waals surface area contributed by atoms with Gasteiger partial charge >= 0.3 is 0 Å². The van der Waals surface area contributed by atoms with Crippen molar-refractivity contribution in [1.29, 1.82) is 0 Å². The number of aromatic nitrogens is 2. The van der Waals surface area contributed by atoms with Crippen LogP contribution in [0.4, 0.5) is 11.6 Å². The minimum Gasteiger partial charge on any atom is -0.398 e. The van der Waals surface area contributed by atoms with Crippen molar-refractivity contribution >= 4 is 23.2 Å². The Morgan fingerprint density at radius 1 is 1.28 bits per heavy atom. The van der Waals surface area contributed by atoms with Crippen molar-refractivity contribution in [3.63, 3.8) is 0 Å². The Hall–Kier alpha value is -1.75. The van der Waals surface area contributed by atoms with E-state index in [1.807, 2.05) is 6.07 Å². The SMILES string of the molecule is Nc1cc(-c2nc(N3CCCC3)no2)ccc1Cl. The van der Waals surface area contributed by atoms with Gasteiger partial charge in [-0.2, -0.15) is 4.98 Å². The molecule has 0 atom stereocenters. The summed E-state index contributed by atoms with van der Waals surface area (Å²) < 4.78 is 5.26. The van der Waals surface area contributed by atoms with Crippen molar-refractivity contribution in [3.8, 4) is 11.5 Å². The molecule has 0 saturated carbocycles. The highest BCUT2D eigenvalue weighted by Crippen LogP contribution is 2.27. The molecule has 1 aromatic heterocycles. The third-order valence-corrected chi connectivity index (χ3v) is 3.39. The maximum Gasteiger partial charge on any atom is 0.266 e. The van der Waals surface area contributed by atoms with Crippen molar-refractivity contribution in [2.75, 3.05) is 23.7 Å². The first-order chi connectivity index (χ1) is 8.74. The van der Waals surface area contributed by atoms with Gasteiger partial charge in [0.05, 0.1) is 10.7 Å². The number of anilines is 2. The van der Waals surface area contributed by atoms with Crippen LogP contribution in [0.5, 0.6) is 0 Å². The lowest BCUT2D eigenvalue weighted by Gasteiger charge is -2.09. The number of nitrogen functional groups attached to an aromatic ring is 1. The van der Waals surface area contributed by atoms with Gasteiger partial charge in [-0.15, -0.1) is 0 Å². The molecular weight excluding hydrogens is 252 g/mol. The van der Waals surface area contributed by atoms with Gasteiger partial charge in [0.1, 0.15) is 0 Å². The molecule has 6 heteroatoms. The average molecular weight is 265 g/mol. The highest BCUT2D eigenvalue weighted by molar-refractivity contribution is 6.33. The van der Waals surface area contributed by atoms with Gasteiger partial charge in [0.2, 0.25) is 0 Å². The predicted molar refractivity (Wildman–Crippen MR) is 70.6 cm³/mol. The van der Waals surface area contributed by atoms with Crippen LogP contribution in [0.3, 0.4) is 0 Å². The van der Waals surface area contributed by atoms with Gasteiger partial charge in [-0.25, -0.2) is 0 Å². The van der Waals surface area contributed by atoms with E-state index in [0.717, 1.165) is 18.7 Å². The Balaban J connectivity index is 1.89. The number of rotatable bonds is 2. The largest absolute Gasteiger partial charge is 0.398 e. The molecule has 0 aliphatic carbocycles. The highest BCUT2D eigenvalue weighted by atomic mass is 35.5. The molecule has 0 spiro atoms. The van der Waals surface area contributed by atoms with Crippen LogP contribution < -0.4 is 10.6 Å². The molecule has 2 aromatic rings. The van der Waals surface area contributed by atoms with Crippen molar-refractivity contribution in [3.05, 3.63) is 23.2 Å². The topological polar surface area (TPSA) is 68.2 Å². The smallest absolute Gasteiger partial charge is 0.266 e. The first-order valence-electron chi connectivity index (χ1n) is 5.88. The molecule has 3 rings (SSSR count). The standard InChI is InChI=1S/C12H13ClN4O/c13-9-4-3-8(7-10(9)14)11-15-12(16-18-11)17-5-1-2-6-17/h3-4,7H,1-2,5-6,14H2. The van der Waals surface area contributed by atoms with E-state index >= 15 is 0 Å². The van der Waals surface area contributed by atoms with E-state index in [0.29, 0.717) is 22.5 Å². The molecule has 2 heterocycles. The molecule has 1 saturated heterocycles. The maximum absolute atomic E-state index is 5.88. The highest BCUT2D eigenvalue weighted by Gasteiger charge is 2.18.